The van der Waals surface area contributed by atoms with Crippen molar-refractivity contribution in [1.82, 2.24) is 10.2 Å². The number of benzene rings is 1. The Kier molecular flexibility index (Phi) is 6.44. The van der Waals surface area contributed by atoms with Gasteiger partial charge in [-0.3, -0.25) is 4.79 Å². The molecule has 0 unspecified atom stereocenters. The normalized spacial score (nSPS) is 10.7. The molecule has 18 heavy (non-hydrogen) atoms. The van der Waals surface area contributed by atoms with E-state index in [1.54, 1.807) is 0 Å². The van der Waals surface area contributed by atoms with Crippen LogP contribution in [-0.2, 0) is 6.42 Å². The van der Waals surface area contributed by atoms with E-state index in [0.717, 1.165) is 18.5 Å². The molecule has 1 amide bonds. The molecule has 0 saturated carbocycles. The number of nitrogens with one attached hydrogen (secondary N) is 1. The molecule has 0 aromatic heterocycles. The predicted octanol–water partition coefficient (Wildman–Crippen LogP) is 2.32. The topological polar surface area (TPSA) is 32.3 Å². The van der Waals surface area contributed by atoms with Crippen LogP contribution in [0.5, 0.6) is 0 Å². The number of amides is 1. The van der Waals surface area contributed by atoms with Crippen molar-refractivity contribution in [3.8, 4) is 0 Å². The fourth-order valence-electron chi connectivity index (χ4n) is 1.70. The van der Waals surface area contributed by atoms with E-state index < -0.39 is 0 Å². The lowest BCUT2D eigenvalue weighted by atomic mass is 10.1. The minimum Gasteiger partial charge on any atom is -0.351 e. The van der Waals surface area contributed by atoms with Crippen LogP contribution >= 0.6 is 0 Å². The van der Waals surface area contributed by atoms with Gasteiger partial charge in [-0.05, 0) is 44.6 Å². The van der Waals surface area contributed by atoms with Crippen LogP contribution in [0.2, 0.25) is 0 Å². The zero-order chi connectivity index (χ0) is 13.4. The molecule has 0 aliphatic carbocycles. The van der Waals surface area contributed by atoms with Gasteiger partial charge in [-0.25, -0.2) is 0 Å². The van der Waals surface area contributed by atoms with Gasteiger partial charge in [-0.1, -0.05) is 25.5 Å². The summed E-state index contributed by atoms with van der Waals surface area (Å²) in [5, 5.41) is 2.91. The standard InChI is InChI=1S/C15H24N2O/c1-4-5-6-13-7-9-14(10-8-13)15(18)16-11-12-17(2)3/h7-10H,4-6,11-12H2,1-3H3,(H,16,18). The number of rotatable bonds is 7. The van der Waals surface area contributed by atoms with Crippen molar-refractivity contribution in [2.24, 2.45) is 0 Å². The third-order valence-corrected chi connectivity index (χ3v) is 2.88. The van der Waals surface area contributed by atoms with E-state index in [9.17, 15) is 4.79 Å². The van der Waals surface area contributed by atoms with E-state index in [4.69, 9.17) is 0 Å². The summed E-state index contributed by atoms with van der Waals surface area (Å²) in [5.74, 6) is 0.0129. The molecule has 0 spiro atoms. The van der Waals surface area contributed by atoms with Gasteiger partial charge in [0.2, 0.25) is 0 Å². The van der Waals surface area contributed by atoms with Crippen LogP contribution in [0.4, 0.5) is 0 Å². The van der Waals surface area contributed by atoms with Crippen molar-refractivity contribution in [1.29, 1.82) is 0 Å². The van der Waals surface area contributed by atoms with Gasteiger partial charge >= 0.3 is 0 Å². The highest BCUT2D eigenvalue weighted by atomic mass is 16.1. The van der Waals surface area contributed by atoms with Crippen LogP contribution in [0.3, 0.4) is 0 Å². The van der Waals surface area contributed by atoms with Gasteiger partial charge < -0.3 is 10.2 Å². The van der Waals surface area contributed by atoms with Gasteiger partial charge in [0.05, 0.1) is 0 Å². The van der Waals surface area contributed by atoms with Gasteiger partial charge in [-0.2, -0.15) is 0 Å². The molecular weight excluding hydrogens is 224 g/mol. The molecule has 1 aromatic carbocycles. The Morgan fingerprint density at radius 2 is 1.89 bits per heavy atom. The SMILES string of the molecule is CCCCc1ccc(C(=O)NCCN(C)C)cc1. The third kappa shape index (κ3) is 5.32. The molecular formula is C15H24N2O. The maximum absolute atomic E-state index is 11.8. The van der Waals surface area contributed by atoms with Crippen molar-refractivity contribution in [3.63, 3.8) is 0 Å². The van der Waals surface area contributed by atoms with Crippen LogP contribution in [0, 0.1) is 0 Å². The molecule has 100 valence electrons. The van der Waals surface area contributed by atoms with Crippen LogP contribution in [-0.4, -0.2) is 38.0 Å². The van der Waals surface area contributed by atoms with E-state index in [0.29, 0.717) is 6.54 Å². The predicted molar refractivity (Wildman–Crippen MR) is 75.9 cm³/mol. The summed E-state index contributed by atoms with van der Waals surface area (Å²) in [6.45, 7) is 3.73. The average molecular weight is 248 g/mol. The number of hydrogen-bond acceptors (Lipinski definition) is 2. The minimum absolute atomic E-state index is 0.0129. The molecule has 0 aliphatic heterocycles. The highest BCUT2D eigenvalue weighted by Gasteiger charge is 2.04. The second kappa shape index (κ2) is 7.88. The summed E-state index contributed by atoms with van der Waals surface area (Å²) in [4.78, 5) is 13.9. The van der Waals surface area contributed by atoms with E-state index in [1.807, 2.05) is 31.1 Å². The Labute approximate surface area is 110 Å². The number of aryl methyl sites for hydroxylation is 1. The molecule has 3 nitrogen and oxygen atoms in total. The van der Waals surface area contributed by atoms with Gasteiger partial charge in [0, 0.05) is 18.7 Å². The second-order valence-electron chi connectivity index (χ2n) is 4.86. The van der Waals surface area contributed by atoms with Crippen LogP contribution < -0.4 is 5.32 Å². The van der Waals surface area contributed by atoms with Crippen LogP contribution in [0.25, 0.3) is 0 Å². The van der Waals surface area contributed by atoms with Gasteiger partial charge in [0.25, 0.3) is 5.91 Å². The van der Waals surface area contributed by atoms with Gasteiger partial charge in [-0.15, -0.1) is 0 Å². The molecule has 1 rings (SSSR count). The molecule has 0 heterocycles. The Balaban J connectivity index is 2.43. The van der Waals surface area contributed by atoms with E-state index in [1.165, 1.54) is 18.4 Å². The third-order valence-electron chi connectivity index (χ3n) is 2.88. The Bertz CT molecular complexity index is 357. The maximum Gasteiger partial charge on any atom is 0.251 e. The zero-order valence-corrected chi connectivity index (χ0v) is 11.7. The lowest BCUT2D eigenvalue weighted by Gasteiger charge is -2.10. The fourth-order valence-corrected chi connectivity index (χ4v) is 1.70. The molecule has 0 radical (unpaired) electrons. The highest BCUT2D eigenvalue weighted by molar-refractivity contribution is 5.94. The molecule has 3 heteroatoms. The first-order valence-electron chi connectivity index (χ1n) is 6.65. The first-order chi connectivity index (χ1) is 8.63. The lowest BCUT2D eigenvalue weighted by Crippen LogP contribution is -2.31. The number of carbonyl (C=O) groups is 1. The van der Waals surface area contributed by atoms with Gasteiger partial charge in [0.1, 0.15) is 0 Å². The van der Waals surface area contributed by atoms with Crippen molar-refractivity contribution in [2.75, 3.05) is 27.2 Å². The van der Waals surface area contributed by atoms with Crippen molar-refractivity contribution >= 4 is 5.91 Å². The number of carbonyl (C=O) groups excluding carboxylic acids is 1. The quantitative estimate of drug-likeness (QED) is 0.803. The van der Waals surface area contributed by atoms with Crippen molar-refractivity contribution < 1.29 is 4.79 Å². The van der Waals surface area contributed by atoms with Crippen LogP contribution in [0.15, 0.2) is 24.3 Å². The first kappa shape index (κ1) is 14.7. The first-order valence-corrected chi connectivity index (χ1v) is 6.65. The molecule has 1 aromatic rings. The maximum atomic E-state index is 11.8. The fraction of sp³-hybridized carbons (Fsp3) is 0.533. The molecule has 0 fully saturated rings. The second-order valence-corrected chi connectivity index (χ2v) is 4.86. The molecule has 1 N–H and O–H groups in total. The Morgan fingerprint density at radius 1 is 1.22 bits per heavy atom. The minimum atomic E-state index is 0.0129. The number of unbranched alkanes of at least 4 members (excludes halogenated alkanes) is 1. The summed E-state index contributed by atoms with van der Waals surface area (Å²) in [7, 11) is 3.99. The lowest BCUT2D eigenvalue weighted by molar-refractivity contribution is 0.0951. The van der Waals surface area contributed by atoms with E-state index >= 15 is 0 Å². The summed E-state index contributed by atoms with van der Waals surface area (Å²) in [5.41, 5.74) is 2.05. The molecule has 0 aliphatic rings. The summed E-state index contributed by atoms with van der Waals surface area (Å²) >= 11 is 0. The highest BCUT2D eigenvalue weighted by Crippen LogP contribution is 2.07. The van der Waals surface area contributed by atoms with Crippen molar-refractivity contribution in [3.05, 3.63) is 35.4 Å². The summed E-state index contributed by atoms with van der Waals surface area (Å²) in [6.07, 6.45) is 3.50. The Hall–Kier alpha value is -1.35. The zero-order valence-electron chi connectivity index (χ0n) is 11.7. The smallest absolute Gasteiger partial charge is 0.251 e. The molecule has 0 bridgehead atoms. The monoisotopic (exact) mass is 248 g/mol. The van der Waals surface area contributed by atoms with E-state index in [2.05, 4.69) is 24.4 Å². The Morgan fingerprint density at radius 3 is 2.44 bits per heavy atom. The number of hydrogen-bond donors (Lipinski definition) is 1. The summed E-state index contributed by atoms with van der Waals surface area (Å²) in [6, 6.07) is 7.93. The number of nitrogens with zero attached hydrogens (tertiary/aromatic N) is 1. The number of likely N-dealkylation sites (N-methyl/N-ethyl adjacent to an activating group) is 1. The van der Waals surface area contributed by atoms with Gasteiger partial charge in [0.15, 0.2) is 0 Å². The molecule has 0 atom stereocenters. The summed E-state index contributed by atoms with van der Waals surface area (Å²) < 4.78 is 0. The largest absolute Gasteiger partial charge is 0.351 e. The average Bonchev–Trinajstić information content (AvgIpc) is 2.36. The van der Waals surface area contributed by atoms with Crippen LogP contribution in [0.1, 0.15) is 35.7 Å². The van der Waals surface area contributed by atoms with Crippen molar-refractivity contribution in [2.45, 2.75) is 26.2 Å². The van der Waals surface area contributed by atoms with E-state index in [-0.39, 0.29) is 5.91 Å². The molecule has 0 saturated heterocycles.